The molecule has 0 rings (SSSR count). The number of quaternary nitrogens is 1. The normalized spacial score (nSPS) is 13.3. The Morgan fingerprint density at radius 1 is 0.403 bits per heavy atom. The molecule has 9 nitrogen and oxygen atoms in total. The Kier molecular flexibility index (Phi) is 55.9. The van der Waals surface area contributed by atoms with Gasteiger partial charge in [-0.15, -0.1) is 0 Å². The van der Waals surface area contributed by atoms with Crippen molar-refractivity contribution in [1.82, 2.24) is 0 Å². The zero-order chi connectivity index (χ0) is 56.2. The number of unbranched alkanes of at least 4 members (excludes halogenated alkanes) is 29. The van der Waals surface area contributed by atoms with Crippen LogP contribution in [-0.4, -0.2) is 82.3 Å². The van der Waals surface area contributed by atoms with Gasteiger partial charge in [0.15, 0.2) is 12.4 Å². The summed E-state index contributed by atoms with van der Waals surface area (Å²) in [6.07, 6.45) is 74.9. The van der Waals surface area contributed by atoms with Gasteiger partial charge >= 0.3 is 11.9 Å². The molecule has 0 aliphatic heterocycles. The highest BCUT2D eigenvalue weighted by molar-refractivity contribution is 5.70. The molecule has 0 saturated carbocycles. The molecule has 0 fully saturated rings. The molecule has 0 aliphatic rings. The summed E-state index contributed by atoms with van der Waals surface area (Å²) in [6, 6.07) is 0. The Labute approximate surface area is 474 Å². The van der Waals surface area contributed by atoms with Crippen molar-refractivity contribution in [2.75, 3.05) is 47.5 Å². The van der Waals surface area contributed by atoms with Crippen LogP contribution in [0.25, 0.3) is 0 Å². The first-order valence-corrected chi connectivity index (χ1v) is 31.7. The SMILES string of the molecule is CC/C=C\C/C=C\C/C=C\C/C=C\C/C=C\CCCCCCCCCCCCCC(=O)OC(COC(=O)CCCCCCCCCCCCCCC/C=C\C/C=C\CCCCCCC)COC(OCC[N+](C)(C)C)C(=O)[O-]. The fourth-order valence-corrected chi connectivity index (χ4v) is 8.77. The zero-order valence-electron chi connectivity index (χ0n) is 50.6. The van der Waals surface area contributed by atoms with E-state index in [2.05, 4.69) is 98.9 Å². The first-order valence-electron chi connectivity index (χ1n) is 31.7. The molecule has 0 aromatic carbocycles. The average Bonchev–Trinajstić information content (AvgIpc) is 3.40. The number of rotatable bonds is 58. The van der Waals surface area contributed by atoms with Gasteiger partial charge < -0.3 is 33.3 Å². The molecule has 0 radical (unpaired) electrons. The topological polar surface area (TPSA) is 111 Å². The molecule has 0 aliphatic carbocycles. The molecule has 0 amide bonds. The zero-order valence-corrected chi connectivity index (χ0v) is 50.6. The van der Waals surface area contributed by atoms with E-state index in [1.54, 1.807) is 0 Å². The van der Waals surface area contributed by atoms with Gasteiger partial charge in [0.25, 0.3) is 0 Å². The van der Waals surface area contributed by atoms with E-state index in [-0.39, 0.29) is 38.6 Å². The van der Waals surface area contributed by atoms with Crippen LogP contribution in [0.2, 0.25) is 0 Å². The fourth-order valence-electron chi connectivity index (χ4n) is 8.77. The quantitative estimate of drug-likeness (QED) is 0.0195. The molecule has 2 unspecified atom stereocenters. The van der Waals surface area contributed by atoms with Crippen molar-refractivity contribution in [2.24, 2.45) is 0 Å². The number of esters is 2. The molecule has 0 bridgehead atoms. The molecule has 9 heteroatoms. The van der Waals surface area contributed by atoms with Gasteiger partial charge in [-0.3, -0.25) is 9.59 Å². The molecule has 0 saturated heterocycles. The minimum Gasteiger partial charge on any atom is -0.545 e. The molecule has 2 atom stereocenters. The largest absolute Gasteiger partial charge is 0.545 e. The monoisotopic (exact) mass is 1080 g/mol. The lowest BCUT2D eigenvalue weighted by atomic mass is 10.0. The van der Waals surface area contributed by atoms with Gasteiger partial charge in [0, 0.05) is 12.8 Å². The van der Waals surface area contributed by atoms with Gasteiger partial charge in [-0.05, 0) is 89.9 Å². The molecule has 0 spiro atoms. The number of hydrogen-bond donors (Lipinski definition) is 0. The van der Waals surface area contributed by atoms with Crippen molar-refractivity contribution >= 4 is 17.9 Å². The van der Waals surface area contributed by atoms with Gasteiger partial charge in [0.1, 0.15) is 13.2 Å². The fraction of sp³-hybridized carbons (Fsp3) is 0.750. The molecular formula is C68H119NO8. The number of carbonyl (C=O) groups excluding carboxylic acids is 3. The highest BCUT2D eigenvalue weighted by Crippen LogP contribution is 2.16. The van der Waals surface area contributed by atoms with Crippen molar-refractivity contribution in [3.63, 3.8) is 0 Å². The molecule has 0 aromatic heterocycles. The maximum Gasteiger partial charge on any atom is 0.306 e. The Balaban J connectivity index is 4.20. The third kappa shape index (κ3) is 60.0. The van der Waals surface area contributed by atoms with Crippen molar-refractivity contribution in [3.05, 3.63) is 85.1 Å². The van der Waals surface area contributed by atoms with Crippen molar-refractivity contribution in [1.29, 1.82) is 0 Å². The molecule has 444 valence electrons. The summed E-state index contributed by atoms with van der Waals surface area (Å²) >= 11 is 0. The number of carbonyl (C=O) groups is 3. The molecule has 0 aromatic rings. The van der Waals surface area contributed by atoms with Gasteiger partial charge in [-0.2, -0.15) is 0 Å². The Morgan fingerprint density at radius 3 is 1.10 bits per heavy atom. The molecule has 0 N–H and O–H groups in total. The van der Waals surface area contributed by atoms with Crippen LogP contribution in [0.5, 0.6) is 0 Å². The molecule has 0 heterocycles. The molecule has 77 heavy (non-hydrogen) atoms. The van der Waals surface area contributed by atoms with Crippen LogP contribution in [0.1, 0.15) is 271 Å². The minimum atomic E-state index is -1.63. The van der Waals surface area contributed by atoms with Gasteiger partial charge in [0.2, 0.25) is 0 Å². The number of aliphatic carboxylic acids is 1. The Bertz CT molecular complexity index is 1540. The lowest BCUT2D eigenvalue weighted by Crippen LogP contribution is -2.44. The predicted octanol–water partition coefficient (Wildman–Crippen LogP) is 17.8. The van der Waals surface area contributed by atoms with Crippen molar-refractivity contribution in [3.8, 4) is 0 Å². The number of carboxylic acid groups (broad SMARTS) is 1. The third-order valence-corrected chi connectivity index (χ3v) is 13.6. The number of carboxylic acids is 1. The van der Waals surface area contributed by atoms with Crippen LogP contribution in [0.15, 0.2) is 85.1 Å². The van der Waals surface area contributed by atoms with E-state index >= 15 is 0 Å². The van der Waals surface area contributed by atoms with Gasteiger partial charge in [-0.1, -0.05) is 253 Å². The van der Waals surface area contributed by atoms with E-state index in [4.69, 9.17) is 18.9 Å². The second-order valence-corrected chi connectivity index (χ2v) is 22.3. The summed E-state index contributed by atoms with van der Waals surface area (Å²) in [5, 5.41) is 11.8. The lowest BCUT2D eigenvalue weighted by Gasteiger charge is -2.26. The lowest BCUT2D eigenvalue weighted by molar-refractivity contribution is -0.870. The smallest absolute Gasteiger partial charge is 0.306 e. The van der Waals surface area contributed by atoms with Crippen LogP contribution in [0.4, 0.5) is 0 Å². The van der Waals surface area contributed by atoms with Gasteiger partial charge in [0.05, 0.1) is 40.3 Å². The van der Waals surface area contributed by atoms with E-state index < -0.39 is 24.3 Å². The predicted molar refractivity (Wildman–Crippen MR) is 324 cm³/mol. The Morgan fingerprint density at radius 2 is 0.740 bits per heavy atom. The Hall–Kier alpha value is -3.53. The summed E-state index contributed by atoms with van der Waals surface area (Å²) in [5.41, 5.74) is 0. The maximum absolute atomic E-state index is 12.9. The molecular weight excluding hydrogens is 959 g/mol. The summed E-state index contributed by atoms with van der Waals surface area (Å²) in [6.45, 7) is 4.64. The number of likely N-dealkylation sites (N-methyl/N-ethyl adjacent to an activating group) is 1. The first-order chi connectivity index (χ1) is 37.6. The van der Waals surface area contributed by atoms with E-state index in [1.807, 2.05) is 21.1 Å². The third-order valence-electron chi connectivity index (χ3n) is 13.6. The summed E-state index contributed by atoms with van der Waals surface area (Å²) in [7, 11) is 5.92. The number of allylic oxidation sites excluding steroid dienone is 14. The van der Waals surface area contributed by atoms with Crippen LogP contribution >= 0.6 is 0 Å². The summed E-state index contributed by atoms with van der Waals surface area (Å²) in [4.78, 5) is 37.4. The van der Waals surface area contributed by atoms with Crippen LogP contribution in [0, 0.1) is 0 Å². The van der Waals surface area contributed by atoms with Crippen LogP contribution < -0.4 is 5.11 Å². The highest BCUT2D eigenvalue weighted by Gasteiger charge is 2.22. The van der Waals surface area contributed by atoms with E-state index in [0.29, 0.717) is 17.4 Å². The first kappa shape index (κ1) is 73.5. The van der Waals surface area contributed by atoms with Crippen molar-refractivity contribution in [2.45, 2.75) is 283 Å². The number of ether oxygens (including phenoxy) is 4. The number of nitrogens with zero attached hydrogens (tertiary/aromatic N) is 1. The second-order valence-electron chi connectivity index (χ2n) is 22.3. The summed E-state index contributed by atoms with van der Waals surface area (Å²) < 4.78 is 22.8. The highest BCUT2D eigenvalue weighted by atomic mass is 16.7. The second kappa shape index (κ2) is 58.6. The maximum atomic E-state index is 12.9. The van der Waals surface area contributed by atoms with Crippen LogP contribution in [-0.2, 0) is 33.3 Å². The van der Waals surface area contributed by atoms with E-state index in [1.165, 1.54) is 154 Å². The average molecular weight is 1080 g/mol. The van der Waals surface area contributed by atoms with Crippen molar-refractivity contribution < 1.29 is 42.9 Å². The summed E-state index contributed by atoms with van der Waals surface area (Å²) in [5.74, 6) is -2.28. The van der Waals surface area contributed by atoms with E-state index in [9.17, 15) is 19.5 Å². The minimum absolute atomic E-state index is 0.144. The van der Waals surface area contributed by atoms with Crippen LogP contribution in [0.3, 0.4) is 0 Å². The van der Waals surface area contributed by atoms with E-state index in [0.717, 1.165) is 83.5 Å². The standard InChI is InChI=1S/C68H119NO8/c1-6-8-10-12-14-16-18-20-22-24-26-28-30-32-33-35-37-39-41-43-45-47-49-51-53-55-57-59-66(71)77-64(63-76-68(67(72)73)74-61-60-69(3,4)5)62-75-65(70)58-56-54-52-50-48-46-44-42-40-38-36-34-31-29-27-25-23-21-19-17-15-13-11-9-7-2/h8,10,14,16,19-22,25-28,32-33,64,68H,6-7,9,11-13,15,17-18,23-24,29-31,34-63H2,1-5H3/b10-8-,16-14-,21-19-,22-20-,27-25-,28-26-,33-32-. The number of hydrogen-bond acceptors (Lipinski definition) is 8. The van der Waals surface area contributed by atoms with Gasteiger partial charge in [-0.25, -0.2) is 0 Å².